The van der Waals surface area contributed by atoms with Gasteiger partial charge in [-0.15, -0.1) is 10.2 Å². The van der Waals surface area contributed by atoms with Crippen molar-refractivity contribution in [2.24, 2.45) is 5.92 Å². The van der Waals surface area contributed by atoms with Crippen LogP contribution in [0.1, 0.15) is 49.2 Å². The maximum atomic E-state index is 12.3. The molecular formula is C18H24N4O. The summed E-state index contributed by atoms with van der Waals surface area (Å²) >= 11 is 0. The van der Waals surface area contributed by atoms with Gasteiger partial charge in [0.15, 0.2) is 0 Å². The Labute approximate surface area is 137 Å². The molecule has 0 aliphatic heterocycles. The first-order chi connectivity index (χ1) is 11.1. The van der Waals surface area contributed by atoms with E-state index in [-0.39, 0.29) is 11.8 Å². The third-order valence-electron chi connectivity index (χ3n) is 4.57. The molecule has 1 amide bonds. The average molecular weight is 312 g/mol. The smallest absolute Gasteiger partial charge is 0.223 e. The molecule has 2 atom stereocenters. The van der Waals surface area contributed by atoms with Crippen molar-refractivity contribution in [2.75, 3.05) is 6.54 Å². The number of rotatable bonds is 6. The lowest BCUT2D eigenvalue weighted by atomic mass is 10.0. The Kier molecular flexibility index (Phi) is 4.46. The summed E-state index contributed by atoms with van der Waals surface area (Å²) in [5.74, 6) is 1.59. The van der Waals surface area contributed by atoms with Crippen LogP contribution in [0.2, 0.25) is 0 Å². The third kappa shape index (κ3) is 3.44. The number of benzene rings is 1. The van der Waals surface area contributed by atoms with E-state index in [4.69, 9.17) is 0 Å². The van der Waals surface area contributed by atoms with E-state index in [9.17, 15) is 4.79 Å². The molecule has 5 heteroatoms. The van der Waals surface area contributed by atoms with Gasteiger partial charge in [0.2, 0.25) is 5.91 Å². The van der Waals surface area contributed by atoms with Crippen LogP contribution in [0, 0.1) is 12.8 Å². The highest BCUT2D eigenvalue weighted by Gasteiger charge is 2.44. The molecule has 1 saturated carbocycles. The number of aromatic nitrogens is 3. The average Bonchev–Trinajstić information content (AvgIpc) is 3.17. The van der Waals surface area contributed by atoms with Gasteiger partial charge in [0.1, 0.15) is 12.2 Å². The maximum Gasteiger partial charge on any atom is 0.223 e. The van der Waals surface area contributed by atoms with Gasteiger partial charge in [-0.25, -0.2) is 0 Å². The van der Waals surface area contributed by atoms with E-state index in [1.807, 2.05) is 16.7 Å². The Morgan fingerprint density at radius 1 is 1.39 bits per heavy atom. The standard InChI is InChI=1S/C18H24N4O/c1-12(2)22-11-20-21-17(22)8-9-19-18(23)16-10-15(16)14-7-5-4-6-13(14)3/h4-7,11-12,15-16H,8-10H2,1-3H3,(H,19,23)/t15-,16-/m1/s1. The fourth-order valence-electron chi connectivity index (χ4n) is 3.14. The van der Waals surface area contributed by atoms with Crippen molar-refractivity contribution >= 4 is 5.91 Å². The zero-order valence-corrected chi connectivity index (χ0v) is 14.0. The zero-order valence-electron chi connectivity index (χ0n) is 14.0. The molecule has 1 aliphatic rings. The highest BCUT2D eigenvalue weighted by Crippen LogP contribution is 2.48. The summed E-state index contributed by atoms with van der Waals surface area (Å²) in [6.45, 7) is 6.92. The third-order valence-corrected chi connectivity index (χ3v) is 4.57. The van der Waals surface area contributed by atoms with Crippen LogP contribution >= 0.6 is 0 Å². The fraction of sp³-hybridized carbons (Fsp3) is 0.500. The SMILES string of the molecule is Cc1ccccc1[C@H]1C[C@H]1C(=O)NCCc1nncn1C(C)C. The number of carbonyl (C=O) groups excluding carboxylic acids is 1. The first-order valence-corrected chi connectivity index (χ1v) is 8.29. The van der Waals surface area contributed by atoms with Crippen LogP contribution in [0.4, 0.5) is 0 Å². The Morgan fingerprint density at radius 3 is 2.91 bits per heavy atom. The molecule has 23 heavy (non-hydrogen) atoms. The monoisotopic (exact) mass is 312 g/mol. The van der Waals surface area contributed by atoms with Crippen LogP contribution in [-0.2, 0) is 11.2 Å². The molecule has 0 spiro atoms. The normalized spacial score (nSPS) is 19.8. The molecule has 1 N–H and O–H groups in total. The molecule has 0 bridgehead atoms. The molecule has 1 aromatic heterocycles. The summed E-state index contributed by atoms with van der Waals surface area (Å²) in [6, 6.07) is 8.68. The molecule has 0 saturated heterocycles. The summed E-state index contributed by atoms with van der Waals surface area (Å²) in [4.78, 5) is 12.3. The van der Waals surface area contributed by atoms with Gasteiger partial charge >= 0.3 is 0 Å². The van der Waals surface area contributed by atoms with E-state index in [0.717, 1.165) is 12.2 Å². The second kappa shape index (κ2) is 6.52. The molecule has 0 radical (unpaired) electrons. The van der Waals surface area contributed by atoms with Gasteiger partial charge < -0.3 is 9.88 Å². The van der Waals surface area contributed by atoms with Crippen LogP contribution in [-0.4, -0.2) is 27.2 Å². The lowest BCUT2D eigenvalue weighted by Crippen LogP contribution is -2.28. The second-order valence-corrected chi connectivity index (χ2v) is 6.59. The molecule has 5 nitrogen and oxygen atoms in total. The quantitative estimate of drug-likeness (QED) is 0.892. The van der Waals surface area contributed by atoms with Crippen LogP contribution in [0.15, 0.2) is 30.6 Å². The van der Waals surface area contributed by atoms with Crippen molar-refractivity contribution in [3.63, 3.8) is 0 Å². The van der Waals surface area contributed by atoms with E-state index in [1.165, 1.54) is 11.1 Å². The van der Waals surface area contributed by atoms with Crippen LogP contribution in [0.25, 0.3) is 0 Å². The minimum Gasteiger partial charge on any atom is -0.355 e. The van der Waals surface area contributed by atoms with E-state index in [2.05, 4.69) is 48.4 Å². The Balaban J connectivity index is 1.50. The van der Waals surface area contributed by atoms with Gasteiger partial charge in [0.05, 0.1) is 0 Å². The Bertz CT molecular complexity index is 692. The van der Waals surface area contributed by atoms with Crippen molar-refractivity contribution in [2.45, 2.75) is 45.6 Å². The number of carbonyl (C=O) groups is 1. The van der Waals surface area contributed by atoms with E-state index in [0.29, 0.717) is 24.9 Å². The molecule has 1 aromatic carbocycles. The second-order valence-electron chi connectivity index (χ2n) is 6.59. The van der Waals surface area contributed by atoms with Crippen molar-refractivity contribution < 1.29 is 4.79 Å². The molecule has 1 fully saturated rings. The maximum absolute atomic E-state index is 12.3. The molecular weight excluding hydrogens is 288 g/mol. The summed E-state index contributed by atoms with van der Waals surface area (Å²) < 4.78 is 2.04. The molecule has 0 unspecified atom stereocenters. The van der Waals surface area contributed by atoms with Gasteiger partial charge in [-0.3, -0.25) is 4.79 Å². The lowest BCUT2D eigenvalue weighted by molar-refractivity contribution is -0.122. The van der Waals surface area contributed by atoms with Crippen molar-refractivity contribution in [1.82, 2.24) is 20.1 Å². The minimum absolute atomic E-state index is 0.124. The summed E-state index contributed by atoms with van der Waals surface area (Å²) in [6.07, 6.45) is 3.42. The number of hydrogen-bond donors (Lipinski definition) is 1. The zero-order chi connectivity index (χ0) is 16.4. The van der Waals surface area contributed by atoms with Crippen molar-refractivity contribution in [3.8, 4) is 0 Å². The highest BCUT2D eigenvalue weighted by atomic mass is 16.2. The number of amides is 1. The topological polar surface area (TPSA) is 59.8 Å². The predicted octanol–water partition coefficient (Wildman–Crippen LogP) is 2.63. The Morgan fingerprint density at radius 2 is 2.17 bits per heavy atom. The molecule has 1 aliphatic carbocycles. The van der Waals surface area contributed by atoms with Crippen LogP contribution < -0.4 is 5.32 Å². The highest BCUT2D eigenvalue weighted by molar-refractivity contribution is 5.83. The fourth-order valence-corrected chi connectivity index (χ4v) is 3.14. The van der Waals surface area contributed by atoms with E-state index in [1.54, 1.807) is 6.33 Å². The van der Waals surface area contributed by atoms with Crippen molar-refractivity contribution in [3.05, 3.63) is 47.5 Å². The van der Waals surface area contributed by atoms with Gasteiger partial charge in [0, 0.05) is 24.9 Å². The van der Waals surface area contributed by atoms with Crippen LogP contribution in [0.5, 0.6) is 0 Å². The summed E-state index contributed by atoms with van der Waals surface area (Å²) in [5.41, 5.74) is 2.59. The van der Waals surface area contributed by atoms with Crippen LogP contribution in [0.3, 0.4) is 0 Å². The Hall–Kier alpha value is -2.17. The van der Waals surface area contributed by atoms with Gasteiger partial charge in [-0.2, -0.15) is 0 Å². The molecule has 2 aromatic rings. The lowest BCUT2D eigenvalue weighted by Gasteiger charge is -2.10. The number of nitrogens with one attached hydrogen (secondary N) is 1. The summed E-state index contributed by atoms with van der Waals surface area (Å²) in [5, 5.41) is 11.1. The molecule has 1 heterocycles. The van der Waals surface area contributed by atoms with E-state index >= 15 is 0 Å². The molecule has 122 valence electrons. The largest absolute Gasteiger partial charge is 0.355 e. The van der Waals surface area contributed by atoms with Gasteiger partial charge in [-0.05, 0) is 44.2 Å². The number of nitrogens with zero attached hydrogens (tertiary/aromatic N) is 3. The summed E-state index contributed by atoms with van der Waals surface area (Å²) in [7, 11) is 0. The number of hydrogen-bond acceptors (Lipinski definition) is 3. The first-order valence-electron chi connectivity index (χ1n) is 8.29. The van der Waals surface area contributed by atoms with Gasteiger partial charge in [0.25, 0.3) is 0 Å². The van der Waals surface area contributed by atoms with Gasteiger partial charge in [-0.1, -0.05) is 24.3 Å². The van der Waals surface area contributed by atoms with E-state index < -0.39 is 0 Å². The van der Waals surface area contributed by atoms with Crippen molar-refractivity contribution in [1.29, 1.82) is 0 Å². The number of aryl methyl sites for hydroxylation is 1. The predicted molar refractivity (Wildman–Crippen MR) is 89.1 cm³/mol. The minimum atomic E-state index is 0.124. The molecule has 3 rings (SSSR count). The first kappa shape index (κ1) is 15.7.